The average Bonchev–Trinajstić information content (AvgIpc) is 2.43. The van der Waals surface area contributed by atoms with Crippen LogP contribution in [0.25, 0.3) is 0 Å². The van der Waals surface area contributed by atoms with Crippen LogP contribution in [0.15, 0.2) is 0 Å². The molecule has 19 heavy (non-hydrogen) atoms. The van der Waals surface area contributed by atoms with Crippen LogP contribution in [0.5, 0.6) is 0 Å². The highest BCUT2D eigenvalue weighted by Gasteiger charge is 2.33. The van der Waals surface area contributed by atoms with Gasteiger partial charge < -0.3 is 10.2 Å². The lowest BCUT2D eigenvalue weighted by molar-refractivity contribution is 0.0759. The Balaban J connectivity index is 2.58. The minimum absolute atomic E-state index is 0.435. The van der Waals surface area contributed by atoms with E-state index in [-0.39, 0.29) is 0 Å². The molecule has 0 aromatic carbocycles. The van der Waals surface area contributed by atoms with Gasteiger partial charge in [-0.1, -0.05) is 34.1 Å². The van der Waals surface area contributed by atoms with Crippen molar-refractivity contribution in [1.29, 1.82) is 0 Å². The molecule has 1 saturated heterocycles. The molecule has 1 aliphatic heterocycles. The van der Waals surface area contributed by atoms with E-state index in [4.69, 9.17) is 0 Å². The number of nitrogens with zero attached hydrogens (tertiary/aromatic N) is 1. The van der Waals surface area contributed by atoms with Crippen molar-refractivity contribution in [2.45, 2.75) is 72.8 Å². The summed E-state index contributed by atoms with van der Waals surface area (Å²) in [4.78, 5) is 2.73. The predicted molar refractivity (Wildman–Crippen MR) is 85.6 cm³/mol. The topological polar surface area (TPSA) is 15.3 Å². The molecule has 2 unspecified atom stereocenters. The third-order valence-corrected chi connectivity index (χ3v) is 5.03. The van der Waals surface area contributed by atoms with Crippen LogP contribution in [0.1, 0.15) is 66.7 Å². The molecular weight excluding hydrogens is 232 g/mol. The molecule has 0 bridgehead atoms. The number of unbranched alkanes of at least 4 members (excludes halogenated alkanes) is 1. The molecular formula is C17H36N2. The van der Waals surface area contributed by atoms with Crippen molar-refractivity contribution in [3.63, 3.8) is 0 Å². The molecule has 0 spiro atoms. The van der Waals surface area contributed by atoms with Crippen molar-refractivity contribution < 1.29 is 0 Å². The standard InChI is InChI=1S/C17H36N2/c1-6-8-12-19(15(3)7-2)14-17(4,5)16-10-9-11-18-13-16/h15-16,18H,6-14H2,1-5H3. The van der Waals surface area contributed by atoms with E-state index in [1.807, 2.05) is 0 Å². The lowest BCUT2D eigenvalue weighted by Gasteiger charge is -2.42. The molecule has 1 N–H and O–H groups in total. The molecule has 1 aliphatic rings. The fourth-order valence-electron chi connectivity index (χ4n) is 3.25. The minimum Gasteiger partial charge on any atom is -0.316 e. The van der Waals surface area contributed by atoms with Crippen molar-refractivity contribution >= 4 is 0 Å². The van der Waals surface area contributed by atoms with Crippen molar-refractivity contribution in [1.82, 2.24) is 10.2 Å². The zero-order valence-corrected chi connectivity index (χ0v) is 14.0. The van der Waals surface area contributed by atoms with E-state index in [0.717, 1.165) is 12.0 Å². The monoisotopic (exact) mass is 268 g/mol. The Morgan fingerprint density at radius 3 is 2.58 bits per heavy atom. The number of hydrogen-bond donors (Lipinski definition) is 1. The van der Waals surface area contributed by atoms with Crippen LogP contribution in [0.2, 0.25) is 0 Å². The van der Waals surface area contributed by atoms with Gasteiger partial charge in [-0.15, -0.1) is 0 Å². The SMILES string of the molecule is CCCCN(CC(C)(C)C1CCCNC1)C(C)CC. The zero-order chi connectivity index (χ0) is 14.3. The van der Waals surface area contributed by atoms with Gasteiger partial charge >= 0.3 is 0 Å². The Bertz CT molecular complexity index is 231. The Hall–Kier alpha value is -0.0800. The number of nitrogens with one attached hydrogen (secondary N) is 1. The van der Waals surface area contributed by atoms with Crippen LogP contribution in [0.3, 0.4) is 0 Å². The Morgan fingerprint density at radius 2 is 2.05 bits per heavy atom. The van der Waals surface area contributed by atoms with Crippen LogP contribution < -0.4 is 5.32 Å². The molecule has 0 aromatic heterocycles. The zero-order valence-electron chi connectivity index (χ0n) is 14.0. The highest BCUT2D eigenvalue weighted by molar-refractivity contribution is 4.86. The van der Waals surface area contributed by atoms with E-state index >= 15 is 0 Å². The van der Waals surface area contributed by atoms with Crippen LogP contribution >= 0.6 is 0 Å². The molecule has 2 nitrogen and oxygen atoms in total. The van der Waals surface area contributed by atoms with Crippen molar-refractivity contribution in [3.05, 3.63) is 0 Å². The molecule has 0 aromatic rings. The van der Waals surface area contributed by atoms with Gasteiger partial charge in [0.25, 0.3) is 0 Å². The Labute approximate surface area is 121 Å². The summed E-state index contributed by atoms with van der Waals surface area (Å²) in [6, 6.07) is 0.724. The molecule has 1 rings (SSSR count). The first kappa shape index (κ1) is 17.0. The van der Waals surface area contributed by atoms with Gasteiger partial charge in [0, 0.05) is 12.6 Å². The van der Waals surface area contributed by atoms with Crippen molar-refractivity contribution in [3.8, 4) is 0 Å². The molecule has 1 fully saturated rings. The van der Waals surface area contributed by atoms with Crippen molar-refractivity contribution in [2.24, 2.45) is 11.3 Å². The van der Waals surface area contributed by atoms with E-state index in [0.29, 0.717) is 5.41 Å². The molecule has 0 amide bonds. The maximum absolute atomic E-state index is 3.58. The third-order valence-electron chi connectivity index (χ3n) is 5.03. The smallest absolute Gasteiger partial charge is 0.00645 e. The maximum Gasteiger partial charge on any atom is 0.00645 e. The first-order valence-corrected chi connectivity index (χ1v) is 8.46. The molecule has 2 heteroatoms. The lowest BCUT2D eigenvalue weighted by atomic mass is 9.74. The van der Waals surface area contributed by atoms with Gasteiger partial charge in [-0.2, -0.15) is 0 Å². The molecule has 0 aliphatic carbocycles. The van der Waals surface area contributed by atoms with Gasteiger partial charge in [0.2, 0.25) is 0 Å². The summed E-state index contributed by atoms with van der Waals surface area (Å²) in [7, 11) is 0. The van der Waals surface area contributed by atoms with Gasteiger partial charge in [-0.3, -0.25) is 0 Å². The van der Waals surface area contributed by atoms with Crippen LogP contribution in [0, 0.1) is 11.3 Å². The third kappa shape index (κ3) is 5.43. The van der Waals surface area contributed by atoms with E-state index in [1.165, 1.54) is 58.3 Å². The number of rotatable bonds is 8. The second kappa shape index (κ2) is 8.26. The average molecular weight is 268 g/mol. The molecule has 0 saturated carbocycles. The number of piperidine rings is 1. The highest BCUT2D eigenvalue weighted by atomic mass is 15.2. The fourth-order valence-corrected chi connectivity index (χ4v) is 3.25. The first-order chi connectivity index (χ1) is 9.01. The number of hydrogen-bond acceptors (Lipinski definition) is 2. The molecule has 2 atom stereocenters. The molecule has 114 valence electrons. The van der Waals surface area contributed by atoms with Gasteiger partial charge in [0.1, 0.15) is 0 Å². The second-order valence-corrected chi connectivity index (χ2v) is 7.11. The summed E-state index contributed by atoms with van der Waals surface area (Å²) < 4.78 is 0. The highest BCUT2D eigenvalue weighted by Crippen LogP contribution is 2.33. The van der Waals surface area contributed by atoms with Crippen LogP contribution in [-0.2, 0) is 0 Å². The lowest BCUT2D eigenvalue weighted by Crippen LogP contribution is -2.47. The van der Waals surface area contributed by atoms with E-state index in [1.54, 1.807) is 0 Å². The van der Waals surface area contributed by atoms with E-state index in [2.05, 4.69) is 44.8 Å². The minimum atomic E-state index is 0.435. The summed E-state index contributed by atoms with van der Waals surface area (Å²) in [6.07, 6.45) is 6.67. The van der Waals surface area contributed by atoms with E-state index < -0.39 is 0 Å². The van der Waals surface area contributed by atoms with Gasteiger partial charge in [0.05, 0.1) is 0 Å². The largest absolute Gasteiger partial charge is 0.316 e. The fraction of sp³-hybridized carbons (Fsp3) is 1.00. The van der Waals surface area contributed by atoms with Crippen LogP contribution in [-0.4, -0.2) is 37.1 Å². The quantitative estimate of drug-likeness (QED) is 0.718. The molecule has 0 radical (unpaired) electrons. The first-order valence-electron chi connectivity index (χ1n) is 8.46. The predicted octanol–water partition coefficient (Wildman–Crippen LogP) is 3.91. The normalized spacial score (nSPS) is 22.7. The summed E-state index contributed by atoms with van der Waals surface area (Å²) >= 11 is 0. The molecule has 1 heterocycles. The van der Waals surface area contributed by atoms with Crippen molar-refractivity contribution in [2.75, 3.05) is 26.2 Å². The van der Waals surface area contributed by atoms with E-state index in [9.17, 15) is 0 Å². The second-order valence-electron chi connectivity index (χ2n) is 7.11. The Kier molecular flexibility index (Phi) is 7.38. The van der Waals surface area contributed by atoms with Gasteiger partial charge in [-0.25, -0.2) is 0 Å². The Morgan fingerprint density at radius 1 is 1.32 bits per heavy atom. The summed E-state index contributed by atoms with van der Waals surface area (Å²) in [6.45, 7) is 16.9. The van der Waals surface area contributed by atoms with Gasteiger partial charge in [0.15, 0.2) is 0 Å². The maximum atomic E-state index is 3.58. The summed E-state index contributed by atoms with van der Waals surface area (Å²) in [5.74, 6) is 0.842. The van der Waals surface area contributed by atoms with Crippen LogP contribution in [0.4, 0.5) is 0 Å². The summed E-state index contributed by atoms with van der Waals surface area (Å²) in [5.41, 5.74) is 0.435. The summed E-state index contributed by atoms with van der Waals surface area (Å²) in [5, 5.41) is 3.58. The van der Waals surface area contributed by atoms with Gasteiger partial charge in [-0.05, 0) is 63.6 Å².